The third-order valence-electron chi connectivity index (χ3n) is 4.97. The van der Waals surface area contributed by atoms with Crippen LogP contribution in [-0.2, 0) is 16.1 Å². The summed E-state index contributed by atoms with van der Waals surface area (Å²) in [4.78, 5) is 31.1. The Bertz CT molecular complexity index is 793. The first-order chi connectivity index (χ1) is 11.7. The molecule has 2 aromatic rings. The number of anilines is 1. The summed E-state index contributed by atoms with van der Waals surface area (Å²) < 4.78 is 1.99. The van der Waals surface area contributed by atoms with E-state index in [0.29, 0.717) is 24.8 Å². The Morgan fingerprint density at radius 3 is 2.88 bits per heavy atom. The largest absolute Gasteiger partial charge is 0.342 e. The van der Waals surface area contributed by atoms with Crippen LogP contribution in [0.3, 0.4) is 0 Å². The van der Waals surface area contributed by atoms with Crippen molar-refractivity contribution in [1.82, 2.24) is 14.5 Å². The molecular formula is C18H22N4O2. The predicted octanol–water partition coefficient (Wildman–Crippen LogP) is 2.25. The van der Waals surface area contributed by atoms with Gasteiger partial charge in [-0.25, -0.2) is 4.98 Å². The topological polar surface area (TPSA) is 67.2 Å². The minimum Gasteiger partial charge on any atom is -0.342 e. The number of rotatable bonds is 5. The Hall–Kier alpha value is -2.37. The van der Waals surface area contributed by atoms with E-state index in [1.807, 2.05) is 40.7 Å². The molecule has 0 bridgehead atoms. The summed E-state index contributed by atoms with van der Waals surface area (Å²) in [5.41, 5.74) is 1.88. The van der Waals surface area contributed by atoms with Gasteiger partial charge in [-0.3, -0.25) is 14.9 Å². The second kappa shape index (κ2) is 5.92. The molecular weight excluding hydrogens is 304 g/mol. The van der Waals surface area contributed by atoms with Crippen LogP contribution in [-0.4, -0.2) is 39.4 Å². The second-order valence-electron chi connectivity index (χ2n) is 6.80. The van der Waals surface area contributed by atoms with Crippen LogP contribution in [0.25, 0.3) is 11.0 Å². The Labute approximate surface area is 140 Å². The van der Waals surface area contributed by atoms with E-state index >= 15 is 0 Å². The van der Waals surface area contributed by atoms with Gasteiger partial charge in [0.15, 0.2) is 0 Å². The van der Waals surface area contributed by atoms with Crippen LogP contribution >= 0.6 is 0 Å². The third kappa shape index (κ3) is 2.77. The van der Waals surface area contributed by atoms with Crippen LogP contribution in [0.15, 0.2) is 24.3 Å². The fraction of sp³-hybridized carbons (Fsp3) is 0.500. The first kappa shape index (κ1) is 15.2. The van der Waals surface area contributed by atoms with Crippen molar-refractivity contribution in [1.29, 1.82) is 0 Å². The lowest BCUT2D eigenvalue weighted by Gasteiger charge is -2.16. The zero-order chi connectivity index (χ0) is 16.7. The van der Waals surface area contributed by atoms with Crippen molar-refractivity contribution in [3.8, 4) is 0 Å². The molecule has 1 atom stereocenters. The van der Waals surface area contributed by atoms with E-state index in [9.17, 15) is 9.59 Å². The van der Waals surface area contributed by atoms with Crippen molar-refractivity contribution in [2.45, 2.75) is 32.7 Å². The van der Waals surface area contributed by atoms with E-state index in [2.05, 4.69) is 10.3 Å². The highest BCUT2D eigenvalue weighted by Crippen LogP contribution is 2.32. The van der Waals surface area contributed by atoms with Gasteiger partial charge in [-0.05, 0) is 37.8 Å². The maximum absolute atomic E-state index is 12.6. The van der Waals surface area contributed by atoms with Crippen LogP contribution in [0, 0.1) is 11.8 Å². The minimum absolute atomic E-state index is 0.103. The highest BCUT2D eigenvalue weighted by molar-refractivity contribution is 5.97. The van der Waals surface area contributed by atoms with E-state index in [-0.39, 0.29) is 17.7 Å². The van der Waals surface area contributed by atoms with Gasteiger partial charge in [0.2, 0.25) is 17.8 Å². The average molecular weight is 326 g/mol. The molecule has 2 aliphatic rings. The second-order valence-corrected chi connectivity index (χ2v) is 6.80. The number of aryl methyl sites for hydroxylation is 1. The molecule has 1 saturated carbocycles. The van der Waals surface area contributed by atoms with Gasteiger partial charge in [0.1, 0.15) is 0 Å². The zero-order valence-electron chi connectivity index (χ0n) is 13.9. The van der Waals surface area contributed by atoms with Crippen LogP contribution in [0.1, 0.15) is 26.2 Å². The molecule has 4 rings (SSSR count). The van der Waals surface area contributed by atoms with Gasteiger partial charge in [0.05, 0.1) is 17.0 Å². The highest BCUT2D eigenvalue weighted by atomic mass is 16.2. The molecule has 6 nitrogen and oxygen atoms in total. The number of amides is 2. The third-order valence-corrected chi connectivity index (χ3v) is 4.97. The first-order valence-corrected chi connectivity index (χ1v) is 8.69. The molecule has 126 valence electrons. The van der Waals surface area contributed by atoms with Gasteiger partial charge in [-0.1, -0.05) is 12.1 Å². The maximum Gasteiger partial charge on any atom is 0.232 e. The Kier molecular flexibility index (Phi) is 3.75. The summed E-state index contributed by atoms with van der Waals surface area (Å²) in [5, 5.41) is 2.94. The van der Waals surface area contributed by atoms with Crippen molar-refractivity contribution in [3.63, 3.8) is 0 Å². The fourth-order valence-electron chi connectivity index (χ4n) is 3.44. The number of para-hydroxylation sites is 2. The number of nitrogens with zero attached hydrogens (tertiary/aromatic N) is 3. The molecule has 24 heavy (non-hydrogen) atoms. The molecule has 0 spiro atoms. The van der Waals surface area contributed by atoms with Crippen LogP contribution < -0.4 is 5.32 Å². The van der Waals surface area contributed by atoms with E-state index in [0.717, 1.165) is 24.1 Å². The highest BCUT2D eigenvalue weighted by Gasteiger charge is 2.37. The van der Waals surface area contributed by atoms with Crippen molar-refractivity contribution in [3.05, 3.63) is 24.3 Å². The standard InChI is InChI=1S/C18H22N4O2/c1-2-22-15-6-4-3-5-14(15)19-18(22)20-17(24)13-9-16(23)21(11-13)10-12-7-8-12/h3-6,12-13H,2,7-11H2,1H3,(H,19,20,24)/t13-/m1/s1. The summed E-state index contributed by atoms with van der Waals surface area (Å²) in [5.74, 6) is 0.941. The van der Waals surface area contributed by atoms with E-state index in [1.54, 1.807) is 0 Å². The number of carbonyl (C=O) groups excluding carboxylic acids is 2. The van der Waals surface area contributed by atoms with E-state index in [1.165, 1.54) is 12.8 Å². The summed E-state index contributed by atoms with van der Waals surface area (Å²) in [7, 11) is 0. The zero-order valence-corrected chi connectivity index (χ0v) is 13.9. The first-order valence-electron chi connectivity index (χ1n) is 8.69. The Morgan fingerprint density at radius 2 is 2.12 bits per heavy atom. The summed E-state index contributed by atoms with van der Waals surface area (Å²) >= 11 is 0. The number of carbonyl (C=O) groups is 2. The number of imidazole rings is 1. The Morgan fingerprint density at radius 1 is 1.33 bits per heavy atom. The molecule has 1 saturated heterocycles. The molecule has 1 N–H and O–H groups in total. The van der Waals surface area contributed by atoms with Crippen LogP contribution in [0.4, 0.5) is 5.95 Å². The number of aromatic nitrogens is 2. The van der Waals surface area contributed by atoms with Gasteiger partial charge in [-0.2, -0.15) is 0 Å². The minimum atomic E-state index is -0.277. The van der Waals surface area contributed by atoms with Crippen LogP contribution in [0.2, 0.25) is 0 Å². The lowest BCUT2D eigenvalue weighted by molar-refractivity contribution is -0.128. The smallest absolute Gasteiger partial charge is 0.232 e. The monoisotopic (exact) mass is 326 g/mol. The van der Waals surface area contributed by atoms with Gasteiger partial charge < -0.3 is 9.47 Å². The molecule has 2 fully saturated rings. The molecule has 6 heteroatoms. The lowest BCUT2D eigenvalue weighted by Crippen LogP contribution is -2.30. The molecule has 1 aromatic carbocycles. The molecule has 2 heterocycles. The fourth-order valence-corrected chi connectivity index (χ4v) is 3.44. The number of benzene rings is 1. The number of hydrogen-bond donors (Lipinski definition) is 1. The molecule has 0 radical (unpaired) electrons. The average Bonchev–Trinajstić information content (AvgIpc) is 3.21. The molecule has 1 aliphatic carbocycles. The molecule has 0 unspecified atom stereocenters. The number of fused-ring (bicyclic) bond motifs is 1. The van der Waals surface area contributed by atoms with Crippen LogP contribution in [0.5, 0.6) is 0 Å². The lowest BCUT2D eigenvalue weighted by atomic mass is 10.1. The number of likely N-dealkylation sites (tertiary alicyclic amines) is 1. The quantitative estimate of drug-likeness (QED) is 0.916. The number of hydrogen-bond acceptors (Lipinski definition) is 3. The van der Waals surface area contributed by atoms with Gasteiger partial charge >= 0.3 is 0 Å². The van der Waals surface area contributed by atoms with Gasteiger partial charge in [0.25, 0.3) is 0 Å². The summed E-state index contributed by atoms with van der Waals surface area (Å²) in [6.07, 6.45) is 2.73. The molecule has 1 aromatic heterocycles. The van der Waals surface area contributed by atoms with Crippen molar-refractivity contribution < 1.29 is 9.59 Å². The number of nitrogens with one attached hydrogen (secondary N) is 1. The summed E-state index contributed by atoms with van der Waals surface area (Å²) in [6.45, 7) is 4.11. The van der Waals surface area contributed by atoms with Gasteiger partial charge in [-0.15, -0.1) is 0 Å². The SMILES string of the molecule is CCn1c(NC(=O)[C@@H]2CC(=O)N(CC3CC3)C2)nc2ccccc21. The van der Waals surface area contributed by atoms with E-state index < -0.39 is 0 Å². The summed E-state index contributed by atoms with van der Waals surface area (Å²) in [6, 6.07) is 7.84. The van der Waals surface area contributed by atoms with Crippen molar-refractivity contribution >= 4 is 28.8 Å². The van der Waals surface area contributed by atoms with Crippen molar-refractivity contribution in [2.75, 3.05) is 18.4 Å². The predicted molar refractivity (Wildman–Crippen MR) is 91.4 cm³/mol. The maximum atomic E-state index is 12.6. The Balaban J connectivity index is 1.49. The van der Waals surface area contributed by atoms with Gasteiger partial charge in [0, 0.05) is 26.1 Å². The van der Waals surface area contributed by atoms with Crippen molar-refractivity contribution in [2.24, 2.45) is 11.8 Å². The molecule has 1 aliphatic heterocycles. The van der Waals surface area contributed by atoms with E-state index in [4.69, 9.17) is 0 Å². The normalized spacial score (nSPS) is 20.8. The molecule has 2 amide bonds.